The van der Waals surface area contributed by atoms with Gasteiger partial charge in [-0.3, -0.25) is 14.4 Å². The van der Waals surface area contributed by atoms with Gasteiger partial charge in [-0.15, -0.1) is 0 Å². The maximum absolute atomic E-state index is 12.4. The normalized spacial score (nSPS) is 10.4. The molecule has 0 radical (unpaired) electrons. The molecule has 1 aromatic heterocycles. The van der Waals surface area contributed by atoms with E-state index in [1.165, 1.54) is 0 Å². The molecule has 7 nitrogen and oxygen atoms in total. The van der Waals surface area contributed by atoms with Gasteiger partial charge < -0.3 is 15.2 Å². The van der Waals surface area contributed by atoms with Gasteiger partial charge in [0.2, 0.25) is 5.78 Å². The minimum atomic E-state index is -0.810. The average molecular weight is 397 g/mol. The molecule has 0 aliphatic carbocycles. The van der Waals surface area contributed by atoms with Gasteiger partial charge >= 0.3 is 11.8 Å². The Balaban J connectivity index is 1.58. The van der Waals surface area contributed by atoms with Crippen molar-refractivity contribution in [3.05, 3.63) is 82.9 Å². The van der Waals surface area contributed by atoms with Gasteiger partial charge in [-0.05, 0) is 35.9 Å². The highest BCUT2D eigenvalue weighted by Crippen LogP contribution is 2.15. The van der Waals surface area contributed by atoms with E-state index < -0.39 is 11.8 Å². The summed E-state index contributed by atoms with van der Waals surface area (Å²) in [5, 5.41) is 5.51. The SMILES string of the molecule is Cn1ccnc1C(=O)c1ccc(NC(=O)C(=O)NCc2ccccc2Cl)cc1. The molecule has 0 aliphatic heterocycles. The Morgan fingerprint density at radius 2 is 1.75 bits per heavy atom. The summed E-state index contributed by atoms with van der Waals surface area (Å²) < 4.78 is 1.63. The lowest BCUT2D eigenvalue weighted by atomic mass is 10.1. The van der Waals surface area contributed by atoms with E-state index in [0.717, 1.165) is 0 Å². The van der Waals surface area contributed by atoms with Crippen molar-refractivity contribution in [2.24, 2.45) is 7.05 Å². The molecule has 0 aliphatic rings. The first kappa shape index (κ1) is 19.3. The topological polar surface area (TPSA) is 93.1 Å². The summed E-state index contributed by atoms with van der Waals surface area (Å²) in [5.41, 5.74) is 1.53. The number of anilines is 1. The van der Waals surface area contributed by atoms with Crippen LogP contribution in [-0.4, -0.2) is 27.1 Å². The molecule has 0 spiro atoms. The van der Waals surface area contributed by atoms with E-state index in [9.17, 15) is 14.4 Å². The smallest absolute Gasteiger partial charge is 0.313 e. The number of rotatable bonds is 5. The summed E-state index contributed by atoms with van der Waals surface area (Å²) in [6.45, 7) is 0.142. The number of aryl methyl sites for hydroxylation is 1. The number of benzene rings is 2. The largest absolute Gasteiger partial charge is 0.344 e. The predicted molar refractivity (Wildman–Crippen MR) is 105 cm³/mol. The Bertz CT molecular complexity index is 1030. The summed E-state index contributed by atoms with van der Waals surface area (Å²) in [5.74, 6) is -1.51. The molecule has 0 unspecified atom stereocenters. The number of nitrogens with one attached hydrogen (secondary N) is 2. The van der Waals surface area contributed by atoms with Crippen LogP contribution in [0.3, 0.4) is 0 Å². The number of aromatic nitrogens is 2. The first-order valence-electron chi connectivity index (χ1n) is 8.40. The Morgan fingerprint density at radius 1 is 1.04 bits per heavy atom. The quantitative estimate of drug-likeness (QED) is 0.512. The van der Waals surface area contributed by atoms with E-state index >= 15 is 0 Å². The van der Waals surface area contributed by atoms with E-state index in [-0.39, 0.29) is 12.3 Å². The summed E-state index contributed by atoms with van der Waals surface area (Å²) in [6.07, 6.45) is 3.23. The molecule has 0 fully saturated rings. The molecule has 142 valence electrons. The average Bonchev–Trinajstić information content (AvgIpc) is 3.13. The third-order valence-electron chi connectivity index (χ3n) is 4.03. The third-order valence-corrected chi connectivity index (χ3v) is 4.40. The van der Waals surface area contributed by atoms with Gasteiger partial charge in [-0.25, -0.2) is 4.98 Å². The molecule has 0 saturated heterocycles. The molecule has 3 aromatic rings. The number of ketones is 1. The minimum Gasteiger partial charge on any atom is -0.344 e. The van der Waals surface area contributed by atoms with Gasteiger partial charge in [0.1, 0.15) is 0 Å². The lowest BCUT2D eigenvalue weighted by Gasteiger charge is -2.08. The molecule has 1 heterocycles. The van der Waals surface area contributed by atoms with Gasteiger partial charge in [0.15, 0.2) is 5.82 Å². The lowest BCUT2D eigenvalue weighted by molar-refractivity contribution is -0.136. The van der Waals surface area contributed by atoms with Crippen molar-refractivity contribution in [1.82, 2.24) is 14.9 Å². The second kappa shape index (κ2) is 8.49. The van der Waals surface area contributed by atoms with Crippen LogP contribution in [0.15, 0.2) is 60.9 Å². The maximum Gasteiger partial charge on any atom is 0.313 e. The molecule has 0 atom stereocenters. The van der Waals surface area contributed by atoms with Crippen LogP contribution in [0.5, 0.6) is 0 Å². The van der Waals surface area contributed by atoms with Crippen molar-refractivity contribution in [2.45, 2.75) is 6.54 Å². The fourth-order valence-corrected chi connectivity index (χ4v) is 2.71. The first-order chi connectivity index (χ1) is 13.5. The third kappa shape index (κ3) is 4.44. The van der Waals surface area contributed by atoms with E-state index in [1.807, 2.05) is 0 Å². The number of carbonyl (C=O) groups excluding carboxylic acids is 3. The Hall–Kier alpha value is -3.45. The summed E-state index contributed by atoms with van der Waals surface area (Å²) >= 11 is 6.02. The lowest BCUT2D eigenvalue weighted by Crippen LogP contribution is -2.35. The van der Waals surface area contributed by atoms with Crippen LogP contribution in [0, 0.1) is 0 Å². The molecular weight excluding hydrogens is 380 g/mol. The number of imidazole rings is 1. The van der Waals surface area contributed by atoms with Gasteiger partial charge in [-0.2, -0.15) is 0 Å². The Kier molecular flexibility index (Phi) is 5.86. The number of amides is 2. The van der Waals surface area contributed by atoms with Crippen LogP contribution in [-0.2, 0) is 23.2 Å². The van der Waals surface area contributed by atoms with Crippen LogP contribution in [0.25, 0.3) is 0 Å². The van der Waals surface area contributed by atoms with Gasteiger partial charge in [0, 0.05) is 42.3 Å². The molecule has 2 aromatic carbocycles. The highest BCUT2D eigenvalue weighted by Gasteiger charge is 2.16. The molecule has 2 amide bonds. The van der Waals surface area contributed by atoms with Crippen molar-refractivity contribution in [3.8, 4) is 0 Å². The second-order valence-corrected chi connectivity index (χ2v) is 6.40. The van der Waals surface area contributed by atoms with Gasteiger partial charge in [0.25, 0.3) is 0 Å². The zero-order valence-electron chi connectivity index (χ0n) is 15.0. The van der Waals surface area contributed by atoms with Crippen molar-refractivity contribution in [3.63, 3.8) is 0 Å². The zero-order valence-corrected chi connectivity index (χ0v) is 15.7. The van der Waals surface area contributed by atoms with E-state index in [2.05, 4.69) is 15.6 Å². The van der Waals surface area contributed by atoms with Gasteiger partial charge in [0.05, 0.1) is 0 Å². The number of carbonyl (C=O) groups is 3. The standard InChI is InChI=1S/C20H17ClN4O3/c1-25-11-10-22-18(25)17(26)13-6-8-15(9-7-13)24-20(28)19(27)23-12-14-4-2-3-5-16(14)21/h2-11H,12H2,1H3,(H,23,27)(H,24,28). The highest BCUT2D eigenvalue weighted by atomic mass is 35.5. The molecule has 28 heavy (non-hydrogen) atoms. The van der Waals surface area contributed by atoms with Crippen LogP contribution in [0.1, 0.15) is 21.7 Å². The second-order valence-electron chi connectivity index (χ2n) is 6.00. The number of nitrogens with zero attached hydrogens (tertiary/aromatic N) is 2. The molecular formula is C20H17ClN4O3. The minimum absolute atomic E-state index is 0.142. The van der Waals surface area contributed by atoms with Crippen molar-refractivity contribution in [2.75, 3.05) is 5.32 Å². The highest BCUT2D eigenvalue weighted by molar-refractivity contribution is 6.39. The van der Waals surface area contributed by atoms with Crippen LogP contribution < -0.4 is 10.6 Å². The molecule has 2 N–H and O–H groups in total. The monoisotopic (exact) mass is 396 g/mol. The fourth-order valence-electron chi connectivity index (χ4n) is 2.50. The van der Waals surface area contributed by atoms with Crippen LogP contribution >= 0.6 is 11.6 Å². The first-order valence-corrected chi connectivity index (χ1v) is 8.78. The molecule has 3 rings (SSSR count). The molecule has 0 bridgehead atoms. The maximum atomic E-state index is 12.4. The van der Waals surface area contributed by atoms with Gasteiger partial charge in [-0.1, -0.05) is 29.8 Å². The van der Waals surface area contributed by atoms with Crippen molar-refractivity contribution in [1.29, 1.82) is 0 Å². The summed E-state index contributed by atoms with van der Waals surface area (Å²) in [7, 11) is 1.73. The number of hydrogen-bond acceptors (Lipinski definition) is 4. The molecule has 0 saturated carbocycles. The summed E-state index contributed by atoms with van der Waals surface area (Å²) in [4.78, 5) is 40.4. The number of halogens is 1. The van der Waals surface area contributed by atoms with Crippen molar-refractivity contribution >= 4 is 34.9 Å². The van der Waals surface area contributed by atoms with E-state index in [1.54, 1.807) is 72.5 Å². The summed E-state index contributed by atoms with van der Waals surface area (Å²) in [6, 6.07) is 13.3. The number of hydrogen-bond donors (Lipinski definition) is 2. The van der Waals surface area contributed by atoms with E-state index in [0.29, 0.717) is 27.7 Å². The zero-order chi connectivity index (χ0) is 20.1. The van der Waals surface area contributed by atoms with E-state index in [4.69, 9.17) is 11.6 Å². The molecule has 8 heteroatoms. The Morgan fingerprint density at radius 3 is 2.39 bits per heavy atom. The fraction of sp³-hybridized carbons (Fsp3) is 0.100. The van der Waals surface area contributed by atoms with Crippen molar-refractivity contribution < 1.29 is 14.4 Å². The predicted octanol–water partition coefficient (Wildman–Crippen LogP) is 2.56. The van der Waals surface area contributed by atoms with Crippen LogP contribution in [0.4, 0.5) is 5.69 Å². The Labute approximate surface area is 166 Å². The van der Waals surface area contributed by atoms with Crippen LogP contribution in [0.2, 0.25) is 5.02 Å².